The molecule has 168 valence electrons. The Morgan fingerprint density at radius 1 is 0.793 bits per heavy atom. The summed E-state index contributed by atoms with van der Waals surface area (Å²) in [7, 11) is 0. The summed E-state index contributed by atoms with van der Waals surface area (Å²) in [6.45, 7) is 9.46. The number of aliphatic hydroxyl groups is 3. The quantitative estimate of drug-likeness (QED) is 0.591. The molecule has 0 aliphatic heterocycles. The number of fused-ring (bicyclic) bond motifs is 5. The van der Waals surface area contributed by atoms with Gasteiger partial charge in [-0.3, -0.25) is 0 Å². The van der Waals surface area contributed by atoms with Crippen LogP contribution in [0.5, 0.6) is 0 Å². The van der Waals surface area contributed by atoms with Gasteiger partial charge in [-0.05, 0) is 111 Å². The molecule has 0 spiro atoms. The Morgan fingerprint density at radius 2 is 1.45 bits per heavy atom. The Balaban J connectivity index is 1.48. The molecule has 4 aliphatic rings. The zero-order valence-corrected chi connectivity index (χ0v) is 19.3. The van der Waals surface area contributed by atoms with Crippen molar-refractivity contribution in [3.05, 3.63) is 0 Å². The normalized spacial score (nSPS) is 51.6. The van der Waals surface area contributed by atoms with Gasteiger partial charge < -0.3 is 15.3 Å². The summed E-state index contributed by atoms with van der Waals surface area (Å²) in [6.07, 6.45) is 11.9. The highest BCUT2D eigenvalue weighted by atomic mass is 16.3. The molecule has 4 fully saturated rings. The molecule has 2 unspecified atom stereocenters. The minimum Gasteiger partial charge on any atom is -0.393 e. The fraction of sp³-hybridized carbons (Fsp3) is 1.00. The highest BCUT2D eigenvalue weighted by Crippen LogP contribution is 2.68. The fourth-order valence-corrected chi connectivity index (χ4v) is 9.23. The largest absolute Gasteiger partial charge is 0.393 e. The van der Waals surface area contributed by atoms with Gasteiger partial charge in [0, 0.05) is 0 Å². The van der Waals surface area contributed by atoms with E-state index in [0.29, 0.717) is 11.3 Å². The zero-order chi connectivity index (χ0) is 21.0. The van der Waals surface area contributed by atoms with Crippen LogP contribution >= 0.6 is 0 Å². The molecule has 3 heteroatoms. The van der Waals surface area contributed by atoms with Crippen molar-refractivity contribution in [2.75, 3.05) is 0 Å². The average molecular weight is 407 g/mol. The van der Waals surface area contributed by atoms with Gasteiger partial charge in [0.1, 0.15) is 0 Å². The lowest BCUT2D eigenvalue weighted by molar-refractivity contribution is -0.174. The Morgan fingerprint density at radius 3 is 2.17 bits per heavy atom. The van der Waals surface area contributed by atoms with Gasteiger partial charge in [-0.25, -0.2) is 0 Å². The predicted molar refractivity (Wildman–Crippen MR) is 117 cm³/mol. The van der Waals surface area contributed by atoms with Crippen molar-refractivity contribution < 1.29 is 15.3 Å². The summed E-state index contributed by atoms with van der Waals surface area (Å²) in [4.78, 5) is 0. The molecule has 11 atom stereocenters. The minimum absolute atomic E-state index is 0.162. The SMILES string of the molecule is CC(O)CCCC(C)[C@H]1CC[C@H]2[C@@H]3CC[C@H]4[C@@H](O)[C@@H](O)CC[C@]4(C)[C@H]3CC[C@]12C. The number of rotatable bonds is 5. The molecule has 0 aromatic heterocycles. The molecule has 0 radical (unpaired) electrons. The van der Waals surface area contributed by atoms with Crippen molar-refractivity contribution in [2.24, 2.45) is 46.3 Å². The van der Waals surface area contributed by atoms with Gasteiger partial charge in [-0.15, -0.1) is 0 Å². The van der Waals surface area contributed by atoms with Crippen molar-refractivity contribution in [3.8, 4) is 0 Å². The van der Waals surface area contributed by atoms with Crippen LogP contribution in [-0.2, 0) is 0 Å². The molecular weight excluding hydrogens is 360 g/mol. The summed E-state index contributed by atoms with van der Waals surface area (Å²) < 4.78 is 0. The molecule has 4 aliphatic carbocycles. The third-order valence-electron chi connectivity index (χ3n) is 10.8. The van der Waals surface area contributed by atoms with Crippen molar-refractivity contribution in [1.82, 2.24) is 0 Å². The second-order valence-electron chi connectivity index (χ2n) is 12.1. The zero-order valence-electron chi connectivity index (χ0n) is 19.3. The molecule has 3 nitrogen and oxygen atoms in total. The van der Waals surface area contributed by atoms with Crippen LogP contribution in [0.2, 0.25) is 0 Å². The molecule has 0 heterocycles. The molecule has 4 saturated carbocycles. The standard InChI is InChI=1S/C26H46O3/c1-16(6-5-7-17(2)27)19-10-11-20-18-8-9-22-24(29)23(28)13-15-26(22,4)21(18)12-14-25(19,20)3/h16-24,27-29H,5-15H2,1-4H3/t16?,17?,18-,19+,20-,21-,22-,23-,24+,25+,26+/m0/s1. The predicted octanol–water partition coefficient (Wildman–Crippen LogP) is 5.16. The van der Waals surface area contributed by atoms with Crippen LogP contribution in [0.3, 0.4) is 0 Å². The minimum atomic E-state index is -0.506. The van der Waals surface area contributed by atoms with Gasteiger partial charge in [0.25, 0.3) is 0 Å². The molecule has 0 amide bonds. The molecule has 0 bridgehead atoms. The maximum Gasteiger partial charge on any atom is 0.0832 e. The molecule has 0 aromatic carbocycles. The van der Waals surface area contributed by atoms with E-state index in [1.807, 2.05) is 6.92 Å². The van der Waals surface area contributed by atoms with Gasteiger partial charge in [-0.1, -0.05) is 33.6 Å². The van der Waals surface area contributed by atoms with Gasteiger partial charge >= 0.3 is 0 Å². The fourth-order valence-electron chi connectivity index (χ4n) is 9.23. The van der Waals surface area contributed by atoms with Gasteiger partial charge in [0.15, 0.2) is 0 Å². The van der Waals surface area contributed by atoms with Gasteiger partial charge in [0.2, 0.25) is 0 Å². The lowest BCUT2D eigenvalue weighted by Crippen LogP contribution is -2.58. The monoisotopic (exact) mass is 406 g/mol. The van der Waals surface area contributed by atoms with Crippen LogP contribution in [0.4, 0.5) is 0 Å². The third kappa shape index (κ3) is 3.61. The lowest BCUT2D eigenvalue weighted by Gasteiger charge is -2.62. The van der Waals surface area contributed by atoms with E-state index in [0.717, 1.165) is 61.7 Å². The topological polar surface area (TPSA) is 60.7 Å². The number of aliphatic hydroxyl groups excluding tert-OH is 3. The highest BCUT2D eigenvalue weighted by Gasteiger charge is 2.61. The van der Waals surface area contributed by atoms with Gasteiger partial charge in [-0.2, -0.15) is 0 Å². The van der Waals surface area contributed by atoms with Crippen molar-refractivity contribution in [1.29, 1.82) is 0 Å². The van der Waals surface area contributed by atoms with Crippen molar-refractivity contribution in [2.45, 2.75) is 117 Å². The number of hydrogen-bond acceptors (Lipinski definition) is 3. The summed E-state index contributed by atoms with van der Waals surface area (Å²) in [5.74, 6) is 4.32. The second kappa shape index (κ2) is 8.10. The van der Waals surface area contributed by atoms with Crippen LogP contribution in [0.25, 0.3) is 0 Å². The van der Waals surface area contributed by atoms with E-state index in [4.69, 9.17) is 0 Å². The van der Waals surface area contributed by atoms with E-state index >= 15 is 0 Å². The Hall–Kier alpha value is -0.120. The Bertz CT molecular complexity index is 576. The van der Waals surface area contributed by atoms with Crippen LogP contribution < -0.4 is 0 Å². The summed E-state index contributed by atoms with van der Waals surface area (Å²) >= 11 is 0. The number of hydrogen-bond donors (Lipinski definition) is 3. The van der Waals surface area contributed by atoms with Crippen LogP contribution in [0.15, 0.2) is 0 Å². The first-order valence-electron chi connectivity index (χ1n) is 12.7. The average Bonchev–Trinajstić information content (AvgIpc) is 3.02. The highest BCUT2D eigenvalue weighted by molar-refractivity contribution is 5.11. The molecule has 0 aromatic rings. The second-order valence-corrected chi connectivity index (χ2v) is 12.1. The van der Waals surface area contributed by atoms with E-state index in [9.17, 15) is 15.3 Å². The molecular formula is C26H46O3. The van der Waals surface area contributed by atoms with E-state index < -0.39 is 12.2 Å². The maximum absolute atomic E-state index is 10.7. The summed E-state index contributed by atoms with van der Waals surface area (Å²) in [6, 6.07) is 0. The smallest absolute Gasteiger partial charge is 0.0832 e. The van der Waals surface area contributed by atoms with Crippen molar-refractivity contribution in [3.63, 3.8) is 0 Å². The molecule has 3 N–H and O–H groups in total. The Kier molecular flexibility index (Phi) is 6.17. The Labute approximate surface area is 178 Å². The van der Waals surface area contributed by atoms with E-state index in [1.54, 1.807) is 0 Å². The van der Waals surface area contributed by atoms with E-state index in [2.05, 4.69) is 20.8 Å². The van der Waals surface area contributed by atoms with E-state index in [-0.39, 0.29) is 11.5 Å². The summed E-state index contributed by atoms with van der Waals surface area (Å²) in [5, 5.41) is 30.6. The maximum atomic E-state index is 10.7. The van der Waals surface area contributed by atoms with E-state index in [1.165, 1.54) is 38.5 Å². The first-order chi connectivity index (χ1) is 13.7. The molecule has 4 rings (SSSR count). The van der Waals surface area contributed by atoms with Crippen molar-refractivity contribution >= 4 is 0 Å². The van der Waals surface area contributed by atoms with Crippen LogP contribution in [0, 0.1) is 46.3 Å². The van der Waals surface area contributed by atoms with Crippen LogP contribution in [0.1, 0.15) is 98.3 Å². The molecule has 29 heavy (non-hydrogen) atoms. The first kappa shape index (κ1) is 22.1. The van der Waals surface area contributed by atoms with Crippen LogP contribution in [-0.4, -0.2) is 33.6 Å². The first-order valence-corrected chi connectivity index (χ1v) is 12.7. The molecule has 0 saturated heterocycles. The summed E-state index contributed by atoms with van der Waals surface area (Å²) in [5.41, 5.74) is 0.714. The van der Waals surface area contributed by atoms with Gasteiger partial charge in [0.05, 0.1) is 18.3 Å². The third-order valence-corrected chi connectivity index (χ3v) is 10.8. The lowest BCUT2D eigenvalue weighted by atomic mass is 9.44.